The molecule has 0 bridgehead atoms. The fourth-order valence-corrected chi connectivity index (χ4v) is 3.01. The summed E-state index contributed by atoms with van der Waals surface area (Å²) >= 11 is 0. The largest absolute Gasteiger partial charge is 0.481 e. The number of aliphatic carboxylic acids is 1. The van der Waals surface area contributed by atoms with E-state index in [0.717, 1.165) is 5.56 Å². The van der Waals surface area contributed by atoms with E-state index in [-0.39, 0.29) is 23.8 Å². The van der Waals surface area contributed by atoms with Crippen molar-refractivity contribution in [1.82, 2.24) is 4.72 Å². The van der Waals surface area contributed by atoms with Crippen LogP contribution < -0.4 is 10.0 Å². The maximum Gasteiger partial charge on any atom is 0.303 e. The highest BCUT2D eigenvalue weighted by Crippen LogP contribution is 2.25. The zero-order valence-electron chi connectivity index (χ0n) is 10.9. The molecule has 2 rings (SSSR count). The van der Waals surface area contributed by atoms with Crippen LogP contribution >= 0.6 is 0 Å². The summed E-state index contributed by atoms with van der Waals surface area (Å²) < 4.78 is 26.4. The van der Waals surface area contributed by atoms with E-state index in [1.807, 2.05) is 6.92 Å². The molecule has 3 N–H and O–H groups in total. The van der Waals surface area contributed by atoms with Gasteiger partial charge in [-0.05, 0) is 31.0 Å². The van der Waals surface area contributed by atoms with Crippen molar-refractivity contribution < 1.29 is 18.3 Å². The number of guanidine groups is 1. The van der Waals surface area contributed by atoms with Gasteiger partial charge in [-0.2, -0.15) is 0 Å². The lowest BCUT2D eigenvalue weighted by atomic mass is 10.2. The number of sulfonamides is 1. The second kappa shape index (κ2) is 5.49. The summed E-state index contributed by atoms with van der Waals surface area (Å²) in [4.78, 5) is 14.6. The van der Waals surface area contributed by atoms with Gasteiger partial charge in [-0.1, -0.05) is 6.07 Å². The van der Waals surface area contributed by atoms with Crippen LogP contribution in [0.4, 0.5) is 5.69 Å². The van der Waals surface area contributed by atoms with Gasteiger partial charge < -0.3 is 10.4 Å². The van der Waals surface area contributed by atoms with E-state index in [2.05, 4.69) is 15.0 Å². The molecule has 1 aromatic rings. The van der Waals surface area contributed by atoms with Crippen LogP contribution in [0.15, 0.2) is 28.1 Å². The molecule has 20 heavy (non-hydrogen) atoms. The molecule has 0 unspecified atom stereocenters. The number of hydrogen-bond donors (Lipinski definition) is 3. The van der Waals surface area contributed by atoms with Crippen LogP contribution in [0, 0.1) is 6.92 Å². The number of carboxylic acid groups (broad SMARTS) is 1. The van der Waals surface area contributed by atoms with Gasteiger partial charge in [0.2, 0.25) is 5.96 Å². The summed E-state index contributed by atoms with van der Waals surface area (Å²) in [5, 5.41) is 11.4. The number of aryl methyl sites for hydroxylation is 1. The van der Waals surface area contributed by atoms with Crippen LogP contribution in [0.5, 0.6) is 0 Å². The summed E-state index contributed by atoms with van der Waals surface area (Å²) in [5.74, 6) is -0.782. The van der Waals surface area contributed by atoms with Crippen LogP contribution in [0.2, 0.25) is 0 Å². The highest BCUT2D eigenvalue weighted by molar-refractivity contribution is 7.90. The number of rotatable bonds is 4. The summed E-state index contributed by atoms with van der Waals surface area (Å²) in [6.07, 6.45) is 0.350. The minimum Gasteiger partial charge on any atom is -0.481 e. The average Bonchev–Trinajstić information content (AvgIpc) is 2.35. The standard InChI is InChI=1S/C12H15N3O4S/c1-8-4-5-9-10(7-8)20(18,19)15-12(14-9)13-6-2-3-11(16)17/h4-5,7H,2-3,6H2,1H3,(H,16,17)(H2,13,14,15). The van der Waals surface area contributed by atoms with Crippen LogP contribution in [-0.4, -0.2) is 32.0 Å². The highest BCUT2D eigenvalue weighted by atomic mass is 32.2. The number of nitrogens with one attached hydrogen (secondary N) is 2. The SMILES string of the molecule is Cc1ccc2c(c1)S(=O)(=O)NC(=NCCCC(=O)O)N2. The molecule has 1 aromatic carbocycles. The molecular formula is C12H15N3O4S. The number of carboxylic acids is 1. The molecule has 8 heteroatoms. The van der Waals surface area contributed by atoms with Gasteiger partial charge in [0.25, 0.3) is 10.0 Å². The Morgan fingerprint density at radius 2 is 2.15 bits per heavy atom. The van der Waals surface area contributed by atoms with Crippen molar-refractivity contribution in [2.24, 2.45) is 4.99 Å². The maximum absolute atomic E-state index is 12.1. The van der Waals surface area contributed by atoms with Gasteiger partial charge in [-0.15, -0.1) is 0 Å². The summed E-state index contributed by atoms with van der Waals surface area (Å²) in [7, 11) is -3.63. The quantitative estimate of drug-likeness (QED) is 0.716. The number of nitrogens with zero attached hydrogens (tertiary/aromatic N) is 1. The lowest BCUT2D eigenvalue weighted by Gasteiger charge is -2.21. The smallest absolute Gasteiger partial charge is 0.303 e. The van der Waals surface area contributed by atoms with Crippen LogP contribution in [0.25, 0.3) is 0 Å². The van der Waals surface area contributed by atoms with E-state index in [1.165, 1.54) is 0 Å². The van der Waals surface area contributed by atoms with E-state index < -0.39 is 16.0 Å². The first-order valence-electron chi connectivity index (χ1n) is 6.05. The van der Waals surface area contributed by atoms with Crippen molar-refractivity contribution >= 4 is 27.6 Å². The Morgan fingerprint density at radius 3 is 2.85 bits per heavy atom. The van der Waals surface area contributed by atoms with Crippen molar-refractivity contribution in [3.8, 4) is 0 Å². The van der Waals surface area contributed by atoms with Crippen molar-refractivity contribution in [2.45, 2.75) is 24.7 Å². The zero-order valence-corrected chi connectivity index (χ0v) is 11.7. The third kappa shape index (κ3) is 3.27. The van der Waals surface area contributed by atoms with Crippen molar-refractivity contribution in [2.75, 3.05) is 11.9 Å². The first kappa shape index (κ1) is 14.3. The molecule has 1 aliphatic heterocycles. The third-order valence-electron chi connectivity index (χ3n) is 2.73. The van der Waals surface area contributed by atoms with Crippen LogP contribution in [0.3, 0.4) is 0 Å². The molecule has 0 atom stereocenters. The van der Waals surface area contributed by atoms with E-state index >= 15 is 0 Å². The minimum absolute atomic E-state index is 0.000683. The van der Waals surface area contributed by atoms with E-state index in [1.54, 1.807) is 18.2 Å². The van der Waals surface area contributed by atoms with Gasteiger partial charge in [0.1, 0.15) is 4.90 Å². The molecule has 7 nitrogen and oxygen atoms in total. The van der Waals surface area contributed by atoms with E-state index in [9.17, 15) is 13.2 Å². The predicted molar refractivity (Wildman–Crippen MR) is 74.3 cm³/mol. The minimum atomic E-state index is -3.63. The second-order valence-electron chi connectivity index (χ2n) is 4.46. The molecule has 0 radical (unpaired) electrons. The van der Waals surface area contributed by atoms with Crippen LogP contribution in [0.1, 0.15) is 18.4 Å². The molecular weight excluding hydrogens is 282 g/mol. The molecule has 0 aliphatic carbocycles. The number of aliphatic imine (C=N–C) groups is 1. The predicted octanol–water partition coefficient (Wildman–Crippen LogP) is 0.920. The first-order chi connectivity index (χ1) is 9.38. The Balaban J connectivity index is 2.16. The average molecular weight is 297 g/mol. The Morgan fingerprint density at radius 1 is 1.40 bits per heavy atom. The van der Waals surface area contributed by atoms with Crippen molar-refractivity contribution in [3.63, 3.8) is 0 Å². The molecule has 0 spiro atoms. The second-order valence-corrected chi connectivity index (χ2v) is 6.11. The van der Waals surface area contributed by atoms with Crippen LogP contribution in [-0.2, 0) is 14.8 Å². The number of fused-ring (bicyclic) bond motifs is 1. The summed E-state index contributed by atoms with van der Waals surface area (Å²) in [6.45, 7) is 2.05. The monoisotopic (exact) mass is 297 g/mol. The number of hydrogen-bond acceptors (Lipinski definition) is 4. The molecule has 0 aromatic heterocycles. The molecule has 1 aliphatic rings. The van der Waals surface area contributed by atoms with Gasteiger partial charge in [-0.3, -0.25) is 9.79 Å². The summed E-state index contributed by atoms with van der Waals surface area (Å²) in [5.41, 5.74) is 1.31. The fourth-order valence-electron chi connectivity index (χ4n) is 1.78. The molecule has 0 saturated heterocycles. The third-order valence-corrected chi connectivity index (χ3v) is 4.11. The van der Waals surface area contributed by atoms with Gasteiger partial charge in [0, 0.05) is 13.0 Å². The van der Waals surface area contributed by atoms with Crippen molar-refractivity contribution in [3.05, 3.63) is 23.8 Å². The van der Waals surface area contributed by atoms with E-state index in [0.29, 0.717) is 12.1 Å². The lowest BCUT2D eigenvalue weighted by molar-refractivity contribution is -0.137. The normalized spacial score (nSPS) is 17.9. The number of benzene rings is 1. The Labute approximate surface area is 116 Å². The molecule has 0 saturated carbocycles. The zero-order chi connectivity index (χ0) is 14.8. The summed E-state index contributed by atoms with van der Waals surface area (Å²) in [6, 6.07) is 5.05. The van der Waals surface area contributed by atoms with Gasteiger partial charge in [0.05, 0.1) is 5.69 Å². The fraction of sp³-hybridized carbons (Fsp3) is 0.333. The number of carbonyl (C=O) groups is 1. The lowest BCUT2D eigenvalue weighted by Crippen LogP contribution is -2.40. The Kier molecular flexibility index (Phi) is 3.93. The number of anilines is 1. The van der Waals surface area contributed by atoms with E-state index in [4.69, 9.17) is 5.11 Å². The van der Waals surface area contributed by atoms with Gasteiger partial charge in [0.15, 0.2) is 0 Å². The van der Waals surface area contributed by atoms with Gasteiger partial charge >= 0.3 is 5.97 Å². The van der Waals surface area contributed by atoms with Crippen molar-refractivity contribution in [1.29, 1.82) is 0 Å². The molecule has 108 valence electrons. The topological polar surface area (TPSA) is 108 Å². The molecule has 0 fully saturated rings. The maximum atomic E-state index is 12.1. The Bertz CT molecular complexity index is 667. The Hall–Kier alpha value is -2.09. The van der Waals surface area contributed by atoms with Gasteiger partial charge in [-0.25, -0.2) is 13.1 Å². The first-order valence-corrected chi connectivity index (χ1v) is 7.53. The highest BCUT2D eigenvalue weighted by Gasteiger charge is 2.26. The molecule has 1 heterocycles. The molecule has 0 amide bonds.